The second-order valence-electron chi connectivity index (χ2n) is 6.27. The molecule has 0 unspecified atom stereocenters. The van der Waals surface area contributed by atoms with Crippen molar-refractivity contribution in [3.63, 3.8) is 0 Å². The van der Waals surface area contributed by atoms with Crippen LogP contribution >= 0.6 is 0 Å². The molecule has 1 saturated heterocycles. The Kier molecular flexibility index (Phi) is 6.78. The number of urea groups is 1. The van der Waals surface area contributed by atoms with Gasteiger partial charge in [0.15, 0.2) is 0 Å². The van der Waals surface area contributed by atoms with Gasteiger partial charge in [0.1, 0.15) is 0 Å². The van der Waals surface area contributed by atoms with Crippen LogP contribution in [0.3, 0.4) is 0 Å². The molecule has 6 nitrogen and oxygen atoms in total. The average molecular weight is 415 g/mol. The molecule has 1 heterocycles. The number of benzene rings is 1. The molecule has 0 spiro atoms. The van der Waals surface area contributed by atoms with Gasteiger partial charge in [-0.25, -0.2) is 4.79 Å². The number of alkyl halides is 6. The molecule has 0 aromatic heterocycles. The molecule has 3 N–H and O–H groups in total. The average Bonchev–Trinajstić information content (AvgIpc) is 2.52. The van der Waals surface area contributed by atoms with Crippen LogP contribution in [0.15, 0.2) is 18.2 Å². The molecule has 0 atom stereocenters. The maximum Gasteiger partial charge on any atom is 0.416 e. The van der Waals surface area contributed by atoms with Crippen molar-refractivity contribution in [2.24, 2.45) is 0 Å². The molecular formula is C16H19F6N3O3. The van der Waals surface area contributed by atoms with E-state index in [-0.39, 0.29) is 51.5 Å². The van der Waals surface area contributed by atoms with Crippen molar-refractivity contribution in [3.8, 4) is 0 Å². The molecular weight excluding hydrogens is 396 g/mol. The first-order valence-electron chi connectivity index (χ1n) is 8.27. The normalized spacial score (nSPS) is 15.7. The van der Waals surface area contributed by atoms with Crippen molar-refractivity contribution in [1.29, 1.82) is 0 Å². The number of amides is 2. The summed E-state index contributed by atoms with van der Waals surface area (Å²) in [5.41, 5.74) is -3.65. The van der Waals surface area contributed by atoms with Gasteiger partial charge in [0.25, 0.3) is 0 Å². The molecule has 1 aromatic rings. The molecule has 1 aromatic carbocycles. The SMILES string of the molecule is O=C(Nc1cc(C(F)(F)F)cc(C(F)(F)F)c1)N1CC(N(CCO)CCO)C1. The second kappa shape index (κ2) is 8.53. The van der Waals surface area contributed by atoms with Gasteiger partial charge in [0.05, 0.1) is 24.3 Å². The Hall–Kier alpha value is -2.05. The zero-order valence-corrected chi connectivity index (χ0v) is 14.5. The summed E-state index contributed by atoms with van der Waals surface area (Å²) in [6.45, 7) is 0.542. The van der Waals surface area contributed by atoms with Gasteiger partial charge in [0.2, 0.25) is 0 Å². The number of rotatable bonds is 6. The zero-order chi connectivity index (χ0) is 21.1. The van der Waals surface area contributed by atoms with Crippen LogP contribution in [-0.4, -0.2) is 71.5 Å². The molecule has 0 bridgehead atoms. The number of hydrogen-bond acceptors (Lipinski definition) is 4. The van der Waals surface area contributed by atoms with E-state index in [1.807, 2.05) is 0 Å². The van der Waals surface area contributed by atoms with Crippen LogP contribution in [0.5, 0.6) is 0 Å². The number of nitrogens with one attached hydrogen (secondary N) is 1. The van der Waals surface area contributed by atoms with Crippen molar-refractivity contribution >= 4 is 11.7 Å². The van der Waals surface area contributed by atoms with Crippen LogP contribution in [0.2, 0.25) is 0 Å². The highest BCUT2D eigenvalue weighted by Crippen LogP contribution is 2.37. The smallest absolute Gasteiger partial charge is 0.395 e. The summed E-state index contributed by atoms with van der Waals surface area (Å²) >= 11 is 0. The predicted octanol–water partition coefficient (Wildman–Crippen LogP) is 2.23. The summed E-state index contributed by atoms with van der Waals surface area (Å²) < 4.78 is 77.1. The van der Waals surface area contributed by atoms with Crippen molar-refractivity contribution in [2.45, 2.75) is 18.4 Å². The van der Waals surface area contributed by atoms with Gasteiger partial charge in [-0.1, -0.05) is 0 Å². The first-order chi connectivity index (χ1) is 13.0. The predicted molar refractivity (Wildman–Crippen MR) is 86.6 cm³/mol. The number of hydrogen-bond donors (Lipinski definition) is 3. The van der Waals surface area contributed by atoms with E-state index in [4.69, 9.17) is 10.2 Å². The third-order valence-corrected chi connectivity index (χ3v) is 4.28. The number of likely N-dealkylation sites (tertiary alicyclic amines) is 1. The van der Waals surface area contributed by atoms with Crippen LogP contribution in [0.4, 0.5) is 36.8 Å². The van der Waals surface area contributed by atoms with E-state index in [2.05, 4.69) is 5.32 Å². The monoisotopic (exact) mass is 415 g/mol. The van der Waals surface area contributed by atoms with Crippen LogP contribution in [0.1, 0.15) is 11.1 Å². The number of halogens is 6. The fourth-order valence-electron chi connectivity index (χ4n) is 2.82. The Morgan fingerprint density at radius 3 is 1.86 bits per heavy atom. The number of carbonyl (C=O) groups is 1. The highest BCUT2D eigenvalue weighted by atomic mass is 19.4. The minimum Gasteiger partial charge on any atom is -0.395 e. The Bertz CT molecular complexity index is 651. The Morgan fingerprint density at radius 2 is 1.46 bits per heavy atom. The minimum atomic E-state index is -5.00. The molecule has 28 heavy (non-hydrogen) atoms. The van der Waals surface area contributed by atoms with E-state index >= 15 is 0 Å². The lowest BCUT2D eigenvalue weighted by molar-refractivity contribution is -0.143. The number of nitrogens with zero attached hydrogens (tertiary/aromatic N) is 2. The summed E-state index contributed by atoms with van der Waals surface area (Å²) in [6, 6.07) is -0.145. The number of anilines is 1. The summed E-state index contributed by atoms with van der Waals surface area (Å²) in [7, 11) is 0. The Morgan fingerprint density at radius 1 is 1.00 bits per heavy atom. The van der Waals surface area contributed by atoms with Crippen LogP contribution in [0, 0.1) is 0 Å². The molecule has 0 radical (unpaired) electrons. The highest BCUT2D eigenvalue weighted by Gasteiger charge is 2.38. The topological polar surface area (TPSA) is 76.0 Å². The summed E-state index contributed by atoms with van der Waals surface area (Å²) in [4.78, 5) is 15.1. The van der Waals surface area contributed by atoms with Crippen molar-refractivity contribution in [2.75, 3.05) is 44.7 Å². The van der Waals surface area contributed by atoms with Gasteiger partial charge < -0.3 is 20.4 Å². The molecule has 1 aliphatic heterocycles. The summed E-state index contributed by atoms with van der Waals surface area (Å²) in [5.74, 6) is 0. The number of aliphatic hydroxyl groups is 2. The van der Waals surface area contributed by atoms with Gasteiger partial charge in [-0.05, 0) is 18.2 Å². The van der Waals surface area contributed by atoms with E-state index < -0.39 is 35.2 Å². The van der Waals surface area contributed by atoms with E-state index in [0.29, 0.717) is 12.1 Å². The summed E-state index contributed by atoms with van der Waals surface area (Å²) in [6.07, 6.45) is -10.0. The molecule has 2 amide bonds. The van der Waals surface area contributed by atoms with Crippen LogP contribution in [-0.2, 0) is 12.4 Å². The maximum absolute atomic E-state index is 12.9. The van der Waals surface area contributed by atoms with Gasteiger partial charge in [-0.15, -0.1) is 0 Å². The van der Waals surface area contributed by atoms with Crippen molar-refractivity contribution in [3.05, 3.63) is 29.3 Å². The molecule has 0 saturated carbocycles. The first kappa shape index (κ1) is 22.2. The van der Waals surface area contributed by atoms with Crippen molar-refractivity contribution < 1.29 is 41.4 Å². The van der Waals surface area contributed by atoms with Crippen molar-refractivity contribution in [1.82, 2.24) is 9.80 Å². The van der Waals surface area contributed by atoms with E-state index in [9.17, 15) is 31.1 Å². The van der Waals surface area contributed by atoms with Gasteiger partial charge in [-0.3, -0.25) is 4.90 Å². The second-order valence-corrected chi connectivity index (χ2v) is 6.27. The third kappa shape index (κ3) is 5.49. The highest BCUT2D eigenvalue weighted by molar-refractivity contribution is 5.90. The quantitative estimate of drug-likeness (QED) is 0.623. The summed E-state index contributed by atoms with van der Waals surface area (Å²) in [5, 5.41) is 20.0. The number of aliphatic hydroxyl groups excluding tert-OH is 2. The van der Waals surface area contributed by atoms with Crippen LogP contribution < -0.4 is 5.32 Å². The fraction of sp³-hybridized carbons (Fsp3) is 0.562. The standard InChI is InChI=1S/C16H19F6N3O3/c17-15(18,19)10-5-11(16(20,21)22)7-12(6-10)23-14(28)25-8-13(9-25)24(1-3-26)2-4-27/h5-7,13,26-27H,1-4,8-9H2,(H,23,28). The molecule has 1 aliphatic rings. The van der Waals surface area contributed by atoms with E-state index in [0.717, 1.165) is 0 Å². The molecule has 0 aliphatic carbocycles. The minimum absolute atomic E-state index is 0.0169. The Labute approximate surface area is 156 Å². The van der Waals surface area contributed by atoms with Gasteiger partial charge in [-0.2, -0.15) is 26.3 Å². The maximum atomic E-state index is 12.9. The largest absolute Gasteiger partial charge is 0.416 e. The molecule has 2 rings (SSSR count). The van der Waals surface area contributed by atoms with E-state index in [1.165, 1.54) is 4.90 Å². The molecule has 158 valence electrons. The molecule has 1 fully saturated rings. The van der Waals surface area contributed by atoms with Gasteiger partial charge >= 0.3 is 18.4 Å². The zero-order valence-electron chi connectivity index (χ0n) is 14.5. The third-order valence-electron chi connectivity index (χ3n) is 4.28. The Balaban J connectivity index is 2.08. The fourth-order valence-corrected chi connectivity index (χ4v) is 2.82. The van der Waals surface area contributed by atoms with Crippen LogP contribution in [0.25, 0.3) is 0 Å². The molecule has 12 heteroatoms. The number of carbonyl (C=O) groups excluding carboxylic acids is 1. The lowest BCUT2D eigenvalue weighted by atomic mass is 10.1. The lowest BCUT2D eigenvalue weighted by Crippen LogP contribution is -2.62. The van der Waals surface area contributed by atoms with Gasteiger partial charge in [0, 0.05) is 37.9 Å². The van der Waals surface area contributed by atoms with E-state index in [1.54, 1.807) is 4.90 Å². The first-order valence-corrected chi connectivity index (χ1v) is 8.27. The lowest BCUT2D eigenvalue weighted by Gasteiger charge is -2.45.